The van der Waals surface area contributed by atoms with Crippen molar-refractivity contribution in [2.75, 3.05) is 5.43 Å². The average Bonchev–Trinajstić information content (AvgIpc) is 2.68. The number of nitrogens with one attached hydrogen (secondary N) is 2. The quantitative estimate of drug-likeness (QED) is 0.367. The van der Waals surface area contributed by atoms with Gasteiger partial charge in [0, 0.05) is 15.2 Å². The fourth-order valence-electron chi connectivity index (χ4n) is 2.58. The highest BCUT2D eigenvalue weighted by atomic mass is 32.2. The van der Waals surface area contributed by atoms with Gasteiger partial charge in [-0.3, -0.25) is 9.78 Å². The minimum atomic E-state index is -0.511. The van der Waals surface area contributed by atoms with Gasteiger partial charge in [-0.15, -0.1) is 11.8 Å². The van der Waals surface area contributed by atoms with Crippen LogP contribution in [0.4, 0.5) is 5.95 Å². The largest absolute Gasteiger partial charge is 0.290 e. The van der Waals surface area contributed by atoms with Crippen molar-refractivity contribution in [2.24, 2.45) is 5.10 Å². The summed E-state index contributed by atoms with van der Waals surface area (Å²) in [5.74, 6) is 0.170. The fraction of sp³-hybridized carbons (Fsp3) is 0.182. The molecule has 3 rings (SSSR count). The highest BCUT2D eigenvalue weighted by Crippen LogP contribution is 2.31. The number of hydrogen-bond acceptors (Lipinski definition) is 6. The number of benzene rings is 2. The maximum Gasteiger partial charge on any atom is 0.270 e. The molecule has 1 heterocycles. The van der Waals surface area contributed by atoms with Gasteiger partial charge in [-0.25, -0.2) is 10.4 Å². The van der Waals surface area contributed by atoms with Gasteiger partial charge in [0.15, 0.2) is 0 Å². The number of nitrogens with zero attached hydrogens (tertiary/aromatic N) is 3. The van der Waals surface area contributed by atoms with E-state index in [4.69, 9.17) is 0 Å². The van der Waals surface area contributed by atoms with E-state index in [1.165, 1.54) is 4.90 Å². The van der Waals surface area contributed by atoms with Gasteiger partial charge in [0.05, 0.1) is 11.9 Å². The van der Waals surface area contributed by atoms with Crippen LogP contribution in [0.2, 0.25) is 0 Å². The number of thioether (sulfide) groups is 1. The summed E-state index contributed by atoms with van der Waals surface area (Å²) < 4.78 is 0.154. The van der Waals surface area contributed by atoms with Crippen LogP contribution < -0.4 is 11.0 Å². The molecule has 0 fully saturated rings. The lowest BCUT2D eigenvalue weighted by Gasteiger charge is -2.17. The van der Waals surface area contributed by atoms with Gasteiger partial charge in [-0.05, 0) is 17.7 Å². The standard InChI is InChI=1S/C22H21N5OS/c1-22(2,3)29-17-11-9-15(10-12-17)14-24-27-21-25-19(16-7-5-4-6-8-16)18(13-23)20(28)26-21/h4-12,14H,1-3H3,(H2,25,26,27,28). The molecule has 0 aliphatic rings. The summed E-state index contributed by atoms with van der Waals surface area (Å²) in [4.78, 5) is 20.3. The van der Waals surface area contributed by atoms with Crippen molar-refractivity contribution in [3.8, 4) is 17.3 Å². The van der Waals surface area contributed by atoms with E-state index in [0.29, 0.717) is 11.3 Å². The third-order valence-electron chi connectivity index (χ3n) is 3.77. The molecule has 6 nitrogen and oxygen atoms in total. The van der Waals surface area contributed by atoms with Gasteiger partial charge in [0.1, 0.15) is 11.6 Å². The molecule has 0 unspecified atom stereocenters. The van der Waals surface area contributed by atoms with Crippen LogP contribution in [0, 0.1) is 11.3 Å². The monoisotopic (exact) mass is 403 g/mol. The molecular weight excluding hydrogens is 382 g/mol. The van der Waals surface area contributed by atoms with Crippen LogP contribution in [0.25, 0.3) is 11.3 Å². The predicted molar refractivity (Wildman–Crippen MR) is 118 cm³/mol. The van der Waals surface area contributed by atoms with E-state index < -0.39 is 5.56 Å². The Balaban J connectivity index is 1.78. The summed E-state index contributed by atoms with van der Waals surface area (Å²) in [6.07, 6.45) is 1.64. The maximum atomic E-state index is 12.2. The lowest BCUT2D eigenvalue weighted by molar-refractivity contribution is 0.803. The lowest BCUT2D eigenvalue weighted by atomic mass is 10.1. The lowest BCUT2D eigenvalue weighted by Crippen LogP contribution is -2.16. The molecule has 2 N–H and O–H groups in total. The van der Waals surface area contributed by atoms with Crippen LogP contribution in [0.15, 0.2) is 69.4 Å². The number of aromatic nitrogens is 2. The molecule has 0 amide bonds. The van der Waals surface area contributed by atoms with Gasteiger partial charge < -0.3 is 0 Å². The first-order valence-corrected chi connectivity index (χ1v) is 9.85. The number of hydrazone groups is 1. The maximum absolute atomic E-state index is 12.2. The summed E-state index contributed by atoms with van der Waals surface area (Å²) in [7, 11) is 0. The van der Waals surface area contributed by atoms with Gasteiger partial charge in [0.2, 0.25) is 5.95 Å². The van der Waals surface area contributed by atoms with E-state index in [1.807, 2.05) is 48.5 Å². The first kappa shape index (κ1) is 20.4. The zero-order valence-corrected chi connectivity index (χ0v) is 17.2. The molecule has 0 atom stereocenters. The molecular formula is C22H21N5OS. The highest BCUT2D eigenvalue weighted by Gasteiger charge is 2.13. The Kier molecular flexibility index (Phi) is 6.15. The van der Waals surface area contributed by atoms with Crippen molar-refractivity contribution < 1.29 is 0 Å². The van der Waals surface area contributed by atoms with Gasteiger partial charge in [-0.1, -0.05) is 63.2 Å². The fourth-order valence-corrected chi connectivity index (χ4v) is 3.56. The van der Waals surface area contributed by atoms with Crippen LogP contribution >= 0.6 is 11.8 Å². The molecule has 0 saturated heterocycles. The predicted octanol–water partition coefficient (Wildman–Crippen LogP) is 4.65. The van der Waals surface area contributed by atoms with Gasteiger partial charge in [-0.2, -0.15) is 10.4 Å². The van der Waals surface area contributed by atoms with E-state index in [1.54, 1.807) is 30.1 Å². The van der Waals surface area contributed by atoms with Gasteiger partial charge >= 0.3 is 0 Å². The molecule has 0 aliphatic carbocycles. The number of nitriles is 1. The van der Waals surface area contributed by atoms with Crippen LogP contribution in [0.3, 0.4) is 0 Å². The Hall–Kier alpha value is -3.37. The highest BCUT2D eigenvalue weighted by molar-refractivity contribution is 8.00. The minimum absolute atomic E-state index is 0.0299. The zero-order valence-electron chi connectivity index (χ0n) is 16.4. The van der Waals surface area contributed by atoms with E-state index in [9.17, 15) is 10.1 Å². The molecule has 146 valence electrons. The van der Waals surface area contributed by atoms with Gasteiger partial charge in [0.25, 0.3) is 5.56 Å². The molecule has 7 heteroatoms. The van der Waals surface area contributed by atoms with E-state index in [-0.39, 0.29) is 16.3 Å². The van der Waals surface area contributed by atoms with Crippen molar-refractivity contribution >= 4 is 23.9 Å². The van der Waals surface area contributed by atoms with Crippen molar-refractivity contribution in [2.45, 2.75) is 30.4 Å². The Morgan fingerprint density at radius 3 is 2.45 bits per heavy atom. The minimum Gasteiger partial charge on any atom is -0.290 e. The van der Waals surface area contributed by atoms with Crippen molar-refractivity contribution in [1.82, 2.24) is 9.97 Å². The second-order valence-corrected chi connectivity index (χ2v) is 9.17. The molecule has 0 spiro atoms. The Morgan fingerprint density at radius 2 is 1.83 bits per heavy atom. The van der Waals surface area contributed by atoms with E-state index in [0.717, 1.165) is 5.56 Å². The summed E-state index contributed by atoms with van der Waals surface area (Å²) >= 11 is 1.80. The molecule has 29 heavy (non-hydrogen) atoms. The number of rotatable bonds is 5. The molecule has 3 aromatic rings. The Bertz CT molecular complexity index is 1110. The molecule has 1 aromatic heterocycles. The van der Waals surface area contributed by atoms with E-state index in [2.05, 4.69) is 41.3 Å². The Labute approximate surface area is 173 Å². The van der Waals surface area contributed by atoms with Crippen LogP contribution in [0.5, 0.6) is 0 Å². The molecule has 0 aliphatic heterocycles. The summed E-state index contributed by atoms with van der Waals surface area (Å²) in [5, 5.41) is 13.5. The second kappa shape index (κ2) is 8.76. The summed E-state index contributed by atoms with van der Waals surface area (Å²) in [6.45, 7) is 6.52. The van der Waals surface area contributed by atoms with Crippen molar-refractivity contribution in [1.29, 1.82) is 5.26 Å². The number of anilines is 1. The zero-order chi connectivity index (χ0) is 20.9. The summed E-state index contributed by atoms with van der Waals surface area (Å²) in [5.41, 5.74) is 4.11. The average molecular weight is 404 g/mol. The Morgan fingerprint density at radius 1 is 1.14 bits per heavy atom. The van der Waals surface area contributed by atoms with E-state index >= 15 is 0 Å². The molecule has 0 bridgehead atoms. The van der Waals surface area contributed by atoms with Crippen molar-refractivity contribution in [3.63, 3.8) is 0 Å². The smallest absolute Gasteiger partial charge is 0.270 e. The normalized spacial score (nSPS) is 11.4. The molecule has 0 saturated carbocycles. The third kappa shape index (κ3) is 5.56. The summed E-state index contributed by atoms with van der Waals surface area (Å²) in [6, 6.07) is 19.1. The third-order valence-corrected chi connectivity index (χ3v) is 4.89. The number of aromatic amines is 1. The van der Waals surface area contributed by atoms with Crippen molar-refractivity contribution in [3.05, 3.63) is 76.1 Å². The first-order valence-electron chi connectivity index (χ1n) is 9.04. The molecule has 2 aromatic carbocycles. The SMILES string of the molecule is CC(C)(C)Sc1ccc(C=NNc2nc(-c3ccccc3)c(C#N)c(=O)[nH]2)cc1. The number of hydrogen-bond donors (Lipinski definition) is 2. The second-order valence-electron chi connectivity index (χ2n) is 7.27. The topological polar surface area (TPSA) is 93.9 Å². The number of H-pyrrole nitrogens is 1. The molecule has 0 radical (unpaired) electrons. The first-order chi connectivity index (χ1) is 13.9. The van der Waals surface area contributed by atoms with Crippen LogP contribution in [0.1, 0.15) is 31.9 Å². The van der Waals surface area contributed by atoms with Crippen LogP contribution in [-0.4, -0.2) is 20.9 Å². The van der Waals surface area contributed by atoms with Crippen LogP contribution in [-0.2, 0) is 0 Å².